The Morgan fingerprint density at radius 3 is 2.76 bits per heavy atom. The Kier molecular flexibility index (Phi) is 8.12. The number of methoxy groups -OCH3 is 1. The lowest BCUT2D eigenvalue weighted by Gasteiger charge is -2.23. The normalized spacial score (nSPS) is 16.3. The molecule has 0 aromatic heterocycles. The lowest BCUT2D eigenvalue weighted by atomic mass is 10.0. The Bertz CT molecular complexity index is 220. The molecule has 5 nitrogen and oxygen atoms in total. The maximum Gasteiger partial charge on any atom is 0.220 e. The minimum Gasteiger partial charge on any atom is -0.388 e. The fraction of sp³-hybridized carbons (Fsp3) is 0.917. The van der Waals surface area contributed by atoms with Gasteiger partial charge in [-0.05, 0) is 25.8 Å². The first-order chi connectivity index (χ1) is 7.91. The van der Waals surface area contributed by atoms with E-state index in [0.29, 0.717) is 31.9 Å². The maximum absolute atomic E-state index is 11.5. The van der Waals surface area contributed by atoms with E-state index in [1.54, 1.807) is 14.0 Å². The molecule has 0 saturated heterocycles. The average molecular weight is 246 g/mol. The summed E-state index contributed by atoms with van der Waals surface area (Å²) in [4.78, 5) is 11.5. The fourth-order valence-electron chi connectivity index (χ4n) is 1.28. The summed E-state index contributed by atoms with van der Waals surface area (Å²) in [5.41, 5.74) is 4.56. The van der Waals surface area contributed by atoms with Gasteiger partial charge in [0.2, 0.25) is 5.91 Å². The van der Waals surface area contributed by atoms with Crippen LogP contribution in [0.1, 0.15) is 33.1 Å². The third-order valence-electron chi connectivity index (χ3n) is 2.78. The van der Waals surface area contributed by atoms with E-state index in [4.69, 9.17) is 10.5 Å². The molecule has 0 aromatic rings. The van der Waals surface area contributed by atoms with E-state index in [0.717, 1.165) is 6.42 Å². The van der Waals surface area contributed by atoms with Crippen molar-refractivity contribution in [3.63, 3.8) is 0 Å². The molecule has 0 spiro atoms. The summed E-state index contributed by atoms with van der Waals surface area (Å²) in [6.45, 7) is 5.04. The monoisotopic (exact) mass is 246 g/mol. The van der Waals surface area contributed by atoms with Gasteiger partial charge in [0.1, 0.15) is 0 Å². The van der Waals surface area contributed by atoms with E-state index >= 15 is 0 Å². The average Bonchev–Trinajstić information content (AvgIpc) is 2.31. The van der Waals surface area contributed by atoms with Gasteiger partial charge in [-0.3, -0.25) is 4.79 Å². The highest BCUT2D eigenvalue weighted by Gasteiger charge is 2.20. The first-order valence-electron chi connectivity index (χ1n) is 6.09. The molecule has 0 aromatic carbocycles. The number of hydrogen-bond donors (Lipinski definition) is 3. The number of carbonyl (C=O) groups is 1. The highest BCUT2D eigenvalue weighted by Crippen LogP contribution is 2.08. The Morgan fingerprint density at radius 2 is 2.24 bits per heavy atom. The summed E-state index contributed by atoms with van der Waals surface area (Å²) in [7, 11) is 1.59. The van der Waals surface area contributed by atoms with Gasteiger partial charge >= 0.3 is 0 Å². The summed E-state index contributed by atoms with van der Waals surface area (Å²) >= 11 is 0. The first-order valence-corrected chi connectivity index (χ1v) is 6.09. The summed E-state index contributed by atoms with van der Waals surface area (Å²) in [6, 6.07) is 0. The molecule has 0 radical (unpaired) electrons. The van der Waals surface area contributed by atoms with Gasteiger partial charge in [0.15, 0.2) is 0 Å². The second-order valence-electron chi connectivity index (χ2n) is 4.90. The number of nitrogens with one attached hydrogen (secondary N) is 1. The van der Waals surface area contributed by atoms with Crippen LogP contribution in [0.4, 0.5) is 0 Å². The van der Waals surface area contributed by atoms with Crippen LogP contribution in [0, 0.1) is 5.92 Å². The van der Waals surface area contributed by atoms with E-state index in [1.165, 1.54) is 0 Å². The smallest absolute Gasteiger partial charge is 0.220 e. The van der Waals surface area contributed by atoms with Crippen molar-refractivity contribution < 1.29 is 14.6 Å². The highest BCUT2D eigenvalue weighted by atomic mass is 16.5. The van der Waals surface area contributed by atoms with Gasteiger partial charge < -0.3 is 20.9 Å². The predicted octanol–water partition coefficient (Wildman–Crippen LogP) is 0.265. The summed E-state index contributed by atoms with van der Waals surface area (Å²) in [6.07, 6.45) is 1.74. The molecule has 0 aliphatic carbocycles. The molecule has 17 heavy (non-hydrogen) atoms. The SMILES string of the molecule is COCCC(C)(O)CNC(=O)CCC(C)CN. The number of amides is 1. The van der Waals surface area contributed by atoms with Crippen LogP contribution >= 0.6 is 0 Å². The van der Waals surface area contributed by atoms with Crippen LogP contribution in [0.5, 0.6) is 0 Å². The highest BCUT2D eigenvalue weighted by molar-refractivity contribution is 5.75. The van der Waals surface area contributed by atoms with Crippen molar-refractivity contribution in [1.29, 1.82) is 0 Å². The largest absolute Gasteiger partial charge is 0.388 e. The molecule has 4 N–H and O–H groups in total. The van der Waals surface area contributed by atoms with E-state index in [2.05, 4.69) is 5.32 Å². The Balaban J connectivity index is 3.75. The predicted molar refractivity (Wildman–Crippen MR) is 67.6 cm³/mol. The van der Waals surface area contributed by atoms with Gasteiger partial charge in [-0.25, -0.2) is 0 Å². The van der Waals surface area contributed by atoms with Crippen LogP contribution in [0.15, 0.2) is 0 Å². The number of carbonyl (C=O) groups excluding carboxylic acids is 1. The number of hydrogen-bond acceptors (Lipinski definition) is 4. The molecule has 0 rings (SSSR count). The van der Waals surface area contributed by atoms with E-state index in [1.807, 2.05) is 6.92 Å². The van der Waals surface area contributed by atoms with Gasteiger partial charge in [-0.2, -0.15) is 0 Å². The van der Waals surface area contributed by atoms with Gasteiger partial charge in [0, 0.05) is 33.1 Å². The zero-order chi connectivity index (χ0) is 13.3. The van der Waals surface area contributed by atoms with Crippen molar-refractivity contribution in [3.8, 4) is 0 Å². The second-order valence-corrected chi connectivity index (χ2v) is 4.90. The summed E-state index contributed by atoms with van der Waals surface area (Å²) in [5.74, 6) is 0.317. The topological polar surface area (TPSA) is 84.6 Å². The molecule has 0 bridgehead atoms. The van der Waals surface area contributed by atoms with Gasteiger partial charge in [-0.1, -0.05) is 6.92 Å². The number of aliphatic hydroxyl groups is 1. The van der Waals surface area contributed by atoms with Crippen LogP contribution in [0.25, 0.3) is 0 Å². The summed E-state index contributed by atoms with van der Waals surface area (Å²) < 4.78 is 4.89. The number of rotatable bonds is 9. The Hall–Kier alpha value is -0.650. The minimum atomic E-state index is -0.912. The fourth-order valence-corrected chi connectivity index (χ4v) is 1.28. The van der Waals surface area contributed by atoms with E-state index in [-0.39, 0.29) is 12.5 Å². The third-order valence-corrected chi connectivity index (χ3v) is 2.78. The third kappa shape index (κ3) is 9.09. The molecule has 2 unspecified atom stereocenters. The zero-order valence-electron chi connectivity index (χ0n) is 11.2. The van der Waals surface area contributed by atoms with Crippen LogP contribution < -0.4 is 11.1 Å². The molecule has 102 valence electrons. The molecular weight excluding hydrogens is 220 g/mol. The molecule has 0 aliphatic heterocycles. The Morgan fingerprint density at radius 1 is 1.59 bits per heavy atom. The van der Waals surface area contributed by atoms with Crippen molar-refractivity contribution in [2.75, 3.05) is 26.8 Å². The van der Waals surface area contributed by atoms with E-state index < -0.39 is 5.60 Å². The van der Waals surface area contributed by atoms with Crippen LogP contribution in [0.3, 0.4) is 0 Å². The minimum absolute atomic E-state index is 0.0389. The standard InChI is InChI=1S/C12H26N2O3/c1-10(8-13)4-5-11(15)14-9-12(2,16)6-7-17-3/h10,16H,4-9,13H2,1-3H3,(H,14,15). The second kappa shape index (κ2) is 8.44. The summed E-state index contributed by atoms with van der Waals surface area (Å²) in [5, 5.41) is 12.6. The van der Waals surface area contributed by atoms with Crippen LogP contribution in [-0.4, -0.2) is 43.4 Å². The van der Waals surface area contributed by atoms with Crippen LogP contribution in [0.2, 0.25) is 0 Å². The molecule has 1 amide bonds. The Labute approximate surface area is 104 Å². The lowest BCUT2D eigenvalue weighted by molar-refractivity contribution is -0.122. The maximum atomic E-state index is 11.5. The molecule has 0 saturated carbocycles. The first kappa shape index (κ1) is 16.4. The molecule has 2 atom stereocenters. The zero-order valence-corrected chi connectivity index (χ0v) is 11.2. The van der Waals surface area contributed by atoms with Crippen molar-refractivity contribution >= 4 is 5.91 Å². The van der Waals surface area contributed by atoms with Gasteiger partial charge in [-0.15, -0.1) is 0 Å². The van der Waals surface area contributed by atoms with Gasteiger partial charge in [0.05, 0.1) is 5.60 Å². The molecule has 0 aliphatic rings. The van der Waals surface area contributed by atoms with Crippen molar-refractivity contribution in [1.82, 2.24) is 5.32 Å². The van der Waals surface area contributed by atoms with E-state index in [9.17, 15) is 9.90 Å². The molecule has 0 fully saturated rings. The van der Waals surface area contributed by atoms with Crippen LogP contribution in [-0.2, 0) is 9.53 Å². The molecule has 5 heteroatoms. The van der Waals surface area contributed by atoms with Crippen molar-refractivity contribution in [2.45, 2.75) is 38.7 Å². The van der Waals surface area contributed by atoms with Gasteiger partial charge in [0.25, 0.3) is 0 Å². The molecule has 0 heterocycles. The number of ether oxygens (including phenoxy) is 1. The lowest BCUT2D eigenvalue weighted by Crippen LogP contribution is -2.41. The number of nitrogens with two attached hydrogens (primary N) is 1. The van der Waals surface area contributed by atoms with Crippen molar-refractivity contribution in [2.24, 2.45) is 11.7 Å². The quantitative estimate of drug-likeness (QED) is 0.545. The van der Waals surface area contributed by atoms with Crippen molar-refractivity contribution in [3.05, 3.63) is 0 Å². The molecular formula is C12H26N2O3.